The van der Waals surface area contributed by atoms with Crippen molar-refractivity contribution in [3.05, 3.63) is 0 Å². The van der Waals surface area contributed by atoms with E-state index in [0.29, 0.717) is 6.04 Å². The van der Waals surface area contributed by atoms with E-state index in [1.54, 1.807) is 0 Å². The predicted molar refractivity (Wildman–Crippen MR) is 43.2 cm³/mol. The lowest BCUT2D eigenvalue weighted by Crippen LogP contribution is -2.44. The second-order valence-electron chi connectivity index (χ2n) is 2.70. The average Bonchev–Trinajstić information content (AvgIpc) is 2.06. The third-order valence-corrected chi connectivity index (χ3v) is 1.94. The van der Waals surface area contributed by atoms with E-state index in [9.17, 15) is 0 Å². The van der Waals surface area contributed by atoms with Gasteiger partial charge in [-0.25, -0.2) is 0 Å². The van der Waals surface area contributed by atoms with Crippen LogP contribution >= 0.6 is 0 Å². The first-order valence-corrected chi connectivity index (χ1v) is 4.35. The number of morpholine rings is 1. The maximum atomic E-state index is 5.44. The fourth-order valence-corrected chi connectivity index (χ4v) is 1.30. The van der Waals surface area contributed by atoms with Crippen LogP contribution in [-0.4, -0.2) is 37.5 Å². The molecular weight excluding hydrogens is 142 g/mol. The Kier molecular flexibility index (Phi) is 3.83. The molecule has 11 heavy (non-hydrogen) atoms. The third-order valence-electron chi connectivity index (χ3n) is 1.94. The molecule has 0 aromatic rings. The lowest BCUT2D eigenvalue weighted by atomic mass is 10.2. The summed E-state index contributed by atoms with van der Waals surface area (Å²) in [6, 6.07) is 0.462. The smallest absolute Gasteiger partial charge is 0.0657 e. The molecule has 1 aliphatic heterocycles. The van der Waals surface area contributed by atoms with Crippen LogP contribution in [-0.2, 0) is 9.57 Å². The number of nitrogens with zero attached hydrogens (tertiary/aromatic N) is 1. The highest BCUT2D eigenvalue weighted by molar-refractivity contribution is 4.67. The Morgan fingerprint density at radius 3 is 3.00 bits per heavy atom. The van der Waals surface area contributed by atoms with Crippen molar-refractivity contribution in [2.75, 3.05) is 26.4 Å². The summed E-state index contributed by atoms with van der Waals surface area (Å²) in [5, 5.41) is 2.05. The van der Waals surface area contributed by atoms with Gasteiger partial charge in [-0.05, 0) is 13.3 Å². The molecule has 0 aromatic heterocycles. The lowest BCUT2D eigenvalue weighted by Gasteiger charge is -2.33. The van der Waals surface area contributed by atoms with Crippen molar-refractivity contribution in [3.63, 3.8) is 0 Å². The Hall–Kier alpha value is -0.120. The van der Waals surface area contributed by atoms with E-state index >= 15 is 0 Å². The molecule has 1 aliphatic rings. The van der Waals surface area contributed by atoms with Crippen molar-refractivity contribution in [2.45, 2.75) is 26.3 Å². The molecule has 0 saturated carbocycles. The zero-order chi connectivity index (χ0) is 8.10. The van der Waals surface area contributed by atoms with Gasteiger partial charge in [-0.15, -0.1) is 0 Å². The second-order valence-corrected chi connectivity index (χ2v) is 2.70. The first kappa shape index (κ1) is 8.97. The first-order chi connectivity index (χ1) is 5.38. The zero-order valence-corrected chi connectivity index (χ0v) is 7.38. The van der Waals surface area contributed by atoms with Gasteiger partial charge in [0.15, 0.2) is 0 Å². The van der Waals surface area contributed by atoms with E-state index in [4.69, 9.17) is 9.57 Å². The molecule has 1 unspecified atom stereocenters. The van der Waals surface area contributed by atoms with Crippen LogP contribution in [0, 0.1) is 0 Å². The number of rotatable bonds is 3. The number of ether oxygens (including phenoxy) is 1. The highest BCUT2D eigenvalue weighted by Gasteiger charge is 2.21. The largest absolute Gasteiger partial charge is 0.378 e. The normalized spacial score (nSPS) is 27.3. The van der Waals surface area contributed by atoms with Crippen molar-refractivity contribution in [2.24, 2.45) is 0 Å². The van der Waals surface area contributed by atoms with E-state index in [1.807, 2.05) is 12.0 Å². The van der Waals surface area contributed by atoms with Crippen molar-refractivity contribution < 1.29 is 9.57 Å². The van der Waals surface area contributed by atoms with Gasteiger partial charge in [-0.2, -0.15) is 5.06 Å². The summed E-state index contributed by atoms with van der Waals surface area (Å²) >= 11 is 0. The van der Waals surface area contributed by atoms with Gasteiger partial charge < -0.3 is 4.74 Å². The summed E-state index contributed by atoms with van der Waals surface area (Å²) < 4.78 is 5.33. The zero-order valence-electron chi connectivity index (χ0n) is 7.38. The van der Waals surface area contributed by atoms with E-state index in [0.717, 1.165) is 32.8 Å². The summed E-state index contributed by atoms with van der Waals surface area (Å²) in [5.41, 5.74) is 0. The van der Waals surface area contributed by atoms with Gasteiger partial charge in [-0.1, -0.05) is 6.92 Å². The maximum absolute atomic E-state index is 5.44. The molecule has 1 fully saturated rings. The van der Waals surface area contributed by atoms with Crippen molar-refractivity contribution in [1.29, 1.82) is 0 Å². The minimum Gasteiger partial charge on any atom is -0.378 e. The fourth-order valence-electron chi connectivity index (χ4n) is 1.30. The molecule has 0 N–H and O–H groups in total. The molecule has 0 spiro atoms. The van der Waals surface area contributed by atoms with Crippen LogP contribution in [0.1, 0.15) is 20.3 Å². The van der Waals surface area contributed by atoms with Crippen LogP contribution < -0.4 is 0 Å². The predicted octanol–water partition coefficient (Wildman–Crippen LogP) is 1.05. The Labute approximate surface area is 68.2 Å². The van der Waals surface area contributed by atoms with E-state index < -0.39 is 0 Å². The molecule has 0 radical (unpaired) electrons. The van der Waals surface area contributed by atoms with Crippen LogP contribution in [0.4, 0.5) is 0 Å². The summed E-state index contributed by atoms with van der Waals surface area (Å²) in [5.74, 6) is 0. The molecule has 0 amide bonds. The van der Waals surface area contributed by atoms with Gasteiger partial charge in [0, 0.05) is 6.54 Å². The van der Waals surface area contributed by atoms with Crippen LogP contribution in [0.15, 0.2) is 0 Å². The van der Waals surface area contributed by atoms with Gasteiger partial charge in [0.2, 0.25) is 0 Å². The maximum Gasteiger partial charge on any atom is 0.0657 e. The monoisotopic (exact) mass is 159 g/mol. The molecule has 1 rings (SSSR count). The standard InChI is InChI=1S/C8H17NO2/c1-3-8-7-10-6-5-9(8)11-4-2/h8H,3-7H2,1-2H3. The summed E-state index contributed by atoms with van der Waals surface area (Å²) in [4.78, 5) is 5.44. The van der Waals surface area contributed by atoms with Crippen LogP contribution in [0.25, 0.3) is 0 Å². The van der Waals surface area contributed by atoms with Gasteiger partial charge in [-0.3, -0.25) is 4.84 Å². The second kappa shape index (κ2) is 4.70. The van der Waals surface area contributed by atoms with Crippen LogP contribution in [0.5, 0.6) is 0 Å². The lowest BCUT2D eigenvalue weighted by molar-refractivity contribution is -0.222. The summed E-state index contributed by atoms with van der Waals surface area (Å²) in [6.07, 6.45) is 1.10. The SMILES string of the molecule is CCON1CCOCC1CC. The molecule has 1 heterocycles. The van der Waals surface area contributed by atoms with Gasteiger partial charge >= 0.3 is 0 Å². The minimum atomic E-state index is 0.462. The molecule has 1 saturated heterocycles. The van der Waals surface area contributed by atoms with Crippen molar-refractivity contribution in [3.8, 4) is 0 Å². The number of hydrogen-bond donors (Lipinski definition) is 0. The molecule has 0 bridgehead atoms. The van der Waals surface area contributed by atoms with Crippen molar-refractivity contribution >= 4 is 0 Å². The first-order valence-electron chi connectivity index (χ1n) is 4.35. The minimum absolute atomic E-state index is 0.462. The topological polar surface area (TPSA) is 21.7 Å². The summed E-state index contributed by atoms with van der Waals surface area (Å²) in [6.45, 7) is 7.46. The fraction of sp³-hybridized carbons (Fsp3) is 1.00. The molecule has 3 nitrogen and oxygen atoms in total. The van der Waals surface area contributed by atoms with Gasteiger partial charge in [0.05, 0.1) is 25.9 Å². The van der Waals surface area contributed by atoms with Crippen LogP contribution in [0.3, 0.4) is 0 Å². The molecule has 0 aromatic carbocycles. The molecule has 66 valence electrons. The highest BCUT2D eigenvalue weighted by atomic mass is 16.7. The number of hydrogen-bond acceptors (Lipinski definition) is 3. The van der Waals surface area contributed by atoms with Crippen LogP contribution in [0.2, 0.25) is 0 Å². The molecule has 1 atom stereocenters. The molecular formula is C8H17NO2. The average molecular weight is 159 g/mol. The van der Waals surface area contributed by atoms with E-state index in [1.165, 1.54) is 0 Å². The van der Waals surface area contributed by atoms with Crippen molar-refractivity contribution in [1.82, 2.24) is 5.06 Å². The third kappa shape index (κ3) is 2.43. The molecule has 0 aliphatic carbocycles. The van der Waals surface area contributed by atoms with E-state index in [-0.39, 0.29) is 0 Å². The highest BCUT2D eigenvalue weighted by Crippen LogP contribution is 2.09. The Bertz CT molecular complexity index is 106. The Morgan fingerprint density at radius 2 is 2.36 bits per heavy atom. The van der Waals surface area contributed by atoms with Gasteiger partial charge in [0.25, 0.3) is 0 Å². The number of hydroxylamine groups is 2. The van der Waals surface area contributed by atoms with E-state index in [2.05, 4.69) is 6.92 Å². The Morgan fingerprint density at radius 1 is 1.55 bits per heavy atom. The Balaban J connectivity index is 2.31. The molecule has 3 heteroatoms. The summed E-state index contributed by atoms with van der Waals surface area (Å²) in [7, 11) is 0. The van der Waals surface area contributed by atoms with Gasteiger partial charge in [0.1, 0.15) is 0 Å². The quantitative estimate of drug-likeness (QED) is 0.614.